The number of carbonyl (C=O) groups excluding carboxylic acids is 2. The molecule has 0 spiro atoms. The number of methoxy groups -OCH3 is 2. The fourth-order valence-corrected chi connectivity index (χ4v) is 6.91. The monoisotopic (exact) mass is 687 g/mol. The number of morpholine rings is 1. The molecule has 0 saturated carbocycles. The summed E-state index contributed by atoms with van der Waals surface area (Å²) < 4.78 is 49.4. The smallest absolute Gasteiger partial charge is 0.261 e. The first kappa shape index (κ1) is 35.4. The number of para-hydroxylation sites is 1. The highest BCUT2D eigenvalue weighted by atomic mass is 32.2. The van der Waals surface area contributed by atoms with E-state index in [0.29, 0.717) is 30.5 Å². The highest BCUT2D eigenvalue weighted by molar-refractivity contribution is 7.89. The van der Waals surface area contributed by atoms with Crippen LogP contribution in [0, 0.1) is 0 Å². The molecule has 1 heterocycles. The number of ether oxygens (including phenoxy) is 4. The largest absolute Gasteiger partial charge is 0.497 e. The molecule has 5 rings (SSSR count). The van der Waals surface area contributed by atoms with Gasteiger partial charge < -0.3 is 29.2 Å². The summed E-state index contributed by atoms with van der Waals surface area (Å²) in [5, 5.41) is 3.01. The summed E-state index contributed by atoms with van der Waals surface area (Å²) in [5.41, 5.74) is 2.47. The van der Waals surface area contributed by atoms with Crippen molar-refractivity contribution < 1.29 is 37.0 Å². The zero-order chi connectivity index (χ0) is 34.6. The van der Waals surface area contributed by atoms with Crippen LogP contribution in [0.3, 0.4) is 0 Å². The summed E-state index contributed by atoms with van der Waals surface area (Å²) in [6.45, 7) is 1.22. The van der Waals surface area contributed by atoms with Crippen molar-refractivity contribution in [3.05, 3.63) is 120 Å². The van der Waals surface area contributed by atoms with Gasteiger partial charge in [0.1, 0.15) is 23.3 Å². The predicted molar refractivity (Wildman–Crippen MR) is 184 cm³/mol. The third-order valence-electron chi connectivity index (χ3n) is 8.22. The van der Waals surface area contributed by atoms with Gasteiger partial charge in [0, 0.05) is 38.2 Å². The molecule has 1 fully saturated rings. The Balaban J connectivity index is 1.38. The van der Waals surface area contributed by atoms with Crippen LogP contribution in [0.4, 0.5) is 0 Å². The Morgan fingerprint density at radius 2 is 1.47 bits per heavy atom. The maximum Gasteiger partial charge on any atom is 0.261 e. The summed E-state index contributed by atoms with van der Waals surface area (Å²) in [5.74, 6) is 0.868. The molecule has 258 valence electrons. The molecular weight excluding hydrogens is 646 g/mol. The van der Waals surface area contributed by atoms with E-state index < -0.39 is 22.0 Å². The van der Waals surface area contributed by atoms with Gasteiger partial charge in [-0.1, -0.05) is 60.7 Å². The molecule has 49 heavy (non-hydrogen) atoms. The highest BCUT2D eigenvalue weighted by Crippen LogP contribution is 2.23. The van der Waals surface area contributed by atoms with Crippen molar-refractivity contribution >= 4 is 21.8 Å². The molecule has 1 aliphatic heterocycles. The zero-order valence-corrected chi connectivity index (χ0v) is 28.4. The Kier molecular flexibility index (Phi) is 12.3. The van der Waals surface area contributed by atoms with Crippen LogP contribution >= 0.6 is 0 Å². The van der Waals surface area contributed by atoms with E-state index in [9.17, 15) is 18.0 Å². The number of benzene rings is 4. The number of rotatable bonds is 15. The maximum atomic E-state index is 14.0. The van der Waals surface area contributed by atoms with Gasteiger partial charge in [-0.15, -0.1) is 0 Å². The molecule has 0 radical (unpaired) electrons. The normalized spacial score (nSPS) is 14.0. The standard InChI is InChI=1S/C37H41N3O8S/c1-45-31-14-12-29(13-15-31)26-40(36(41)27-48-32-16-18-33(19-17-32)49(43,44)39-20-22-47-23-21-39)34(24-28-8-4-3-5-9-28)37(42)38-25-30-10-6-7-11-35(30)46-2/h3-19,34H,20-27H2,1-2H3,(H,38,42)/t34-/m1/s1. The Morgan fingerprint density at radius 3 is 2.14 bits per heavy atom. The minimum absolute atomic E-state index is 0.127. The molecule has 4 aromatic carbocycles. The minimum atomic E-state index is -3.68. The van der Waals surface area contributed by atoms with E-state index in [2.05, 4.69) is 5.32 Å². The number of sulfonamides is 1. The molecule has 2 amide bonds. The second-order valence-corrected chi connectivity index (χ2v) is 13.3. The second kappa shape index (κ2) is 17.0. The van der Waals surface area contributed by atoms with E-state index in [1.165, 1.54) is 33.5 Å². The molecule has 12 heteroatoms. The fraction of sp³-hybridized carbons (Fsp3) is 0.297. The summed E-state index contributed by atoms with van der Waals surface area (Å²) in [6, 6.07) is 29.3. The molecule has 1 aliphatic rings. The first-order valence-corrected chi connectivity index (χ1v) is 17.4. The second-order valence-electron chi connectivity index (χ2n) is 11.4. The highest BCUT2D eigenvalue weighted by Gasteiger charge is 2.31. The molecule has 0 aromatic heterocycles. The average molecular weight is 688 g/mol. The third-order valence-corrected chi connectivity index (χ3v) is 10.1. The van der Waals surface area contributed by atoms with Crippen molar-refractivity contribution in [3.63, 3.8) is 0 Å². The van der Waals surface area contributed by atoms with E-state index in [4.69, 9.17) is 18.9 Å². The van der Waals surface area contributed by atoms with Crippen LogP contribution in [0.2, 0.25) is 0 Å². The van der Waals surface area contributed by atoms with Crippen LogP contribution < -0.4 is 19.5 Å². The molecule has 0 unspecified atom stereocenters. The van der Waals surface area contributed by atoms with Gasteiger partial charge in [0.2, 0.25) is 15.9 Å². The minimum Gasteiger partial charge on any atom is -0.497 e. The van der Waals surface area contributed by atoms with Crippen molar-refractivity contribution in [3.8, 4) is 17.2 Å². The number of nitrogens with one attached hydrogen (secondary N) is 1. The Morgan fingerprint density at radius 1 is 0.816 bits per heavy atom. The van der Waals surface area contributed by atoms with Crippen LogP contribution in [0.1, 0.15) is 16.7 Å². The number of nitrogens with zero attached hydrogens (tertiary/aromatic N) is 2. The number of carbonyl (C=O) groups is 2. The first-order valence-electron chi connectivity index (χ1n) is 15.9. The lowest BCUT2D eigenvalue weighted by Crippen LogP contribution is -2.51. The van der Waals surface area contributed by atoms with E-state index in [1.54, 1.807) is 26.4 Å². The molecule has 1 N–H and O–H groups in total. The van der Waals surface area contributed by atoms with Crippen LogP contribution in [-0.4, -0.2) is 82.6 Å². The van der Waals surface area contributed by atoms with Crippen molar-refractivity contribution in [1.82, 2.24) is 14.5 Å². The van der Waals surface area contributed by atoms with Gasteiger partial charge >= 0.3 is 0 Å². The number of hydrogen-bond acceptors (Lipinski definition) is 8. The van der Waals surface area contributed by atoms with Crippen LogP contribution in [0.25, 0.3) is 0 Å². The van der Waals surface area contributed by atoms with Gasteiger partial charge in [-0.25, -0.2) is 8.42 Å². The summed E-state index contributed by atoms with van der Waals surface area (Å²) in [4.78, 5) is 29.7. The van der Waals surface area contributed by atoms with Gasteiger partial charge in [-0.2, -0.15) is 4.31 Å². The number of hydrogen-bond donors (Lipinski definition) is 1. The quantitative estimate of drug-likeness (QED) is 0.199. The van der Waals surface area contributed by atoms with Crippen molar-refractivity contribution in [2.75, 3.05) is 47.1 Å². The number of amides is 2. The molecule has 11 nitrogen and oxygen atoms in total. The van der Waals surface area contributed by atoms with E-state index in [0.717, 1.165) is 16.7 Å². The van der Waals surface area contributed by atoms with Crippen LogP contribution in [0.5, 0.6) is 17.2 Å². The van der Waals surface area contributed by atoms with Crippen molar-refractivity contribution in [2.45, 2.75) is 30.4 Å². The molecule has 0 bridgehead atoms. The lowest BCUT2D eigenvalue weighted by atomic mass is 10.0. The Bertz CT molecular complexity index is 1780. The van der Waals surface area contributed by atoms with E-state index >= 15 is 0 Å². The summed E-state index contributed by atoms with van der Waals surface area (Å²) in [7, 11) is -0.530. The van der Waals surface area contributed by atoms with Gasteiger partial charge in [-0.05, 0) is 53.6 Å². The fourth-order valence-electron chi connectivity index (χ4n) is 5.50. The Labute approximate surface area is 287 Å². The van der Waals surface area contributed by atoms with Gasteiger partial charge in [-0.3, -0.25) is 9.59 Å². The van der Waals surface area contributed by atoms with Gasteiger partial charge in [0.15, 0.2) is 6.61 Å². The van der Waals surface area contributed by atoms with Crippen LogP contribution in [-0.2, 0) is 43.9 Å². The van der Waals surface area contributed by atoms with Crippen molar-refractivity contribution in [1.29, 1.82) is 0 Å². The summed E-state index contributed by atoms with van der Waals surface area (Å²) in [6.07, 6.45) is 0.259. The Hall–Kier alpha value is -4.91. The maximum absolute atomic E-state index is 14.0. The SMILES string of the molecule is COc1ccc(CN(C(=O)COc2ccc(S(=O)(=O)N3CCOCC3)cc2)[C@H](Cc2ccccc2)C(=O)NCc2ccccc2OC)cc1. The predicted octanol–water partition coefficient (Wildman–Crippen LogP) is 4.06. The van der Waals surface area contributed by atoms with Crippen LogP contribution in [0.15, 0.2) is 108 Å². The van der Waals surface area contributed by atoms with Crippen molar-refractivity contribution in [2.24, 2.45) is 0 Å². The lowest BCUT2D eigenvalue weighted by Gasteiger charge is -2.31. The van der Waals surface area contributed by atoms with Gasteiger partial charge in [0.25, 0.3) is 5.91 Å². The topological polar surface area (TPSA) is 124 Å². The first-order chi connectivity index (χ1) is 23.8. The average Bonchev–Trinajstić information content (AvgIpc) is 3.15. The molecule has 4 aromatic rings. The molecule has 0 aliphatic carbocycles. The summed E-state index contributed by atoms with van der Waals surface area (Å²) >= 11 is 0. The molecule has 1 saturated heterocycles. The third kappa shape index (κ3) is 9.38. The molecule has 1 atom stereocenters. The van der Waals surface area contributed by atoms with E-state index in [1.807, 2.05) is 66.7 Å². The lowest BCUT2D eigenvalue weighted by molar-refractivity contribution is -0.142. The van der Waals surface area contributed by atoms with E-state index in [-0.39, 0.29) is 50.0 Å². The van der Waals surface area contributed by atoms with Gasteiger partial charge in [0.05, 0.1) is 32.3 Å². The molecular formula is C37H41N3O8S. The zero-order valence-electron chi connectivity index (χ0n) is 27.6.